The molecule has 21 heteroatoms. The number of carboxylic acids is 5. The lowest BCUT2D eigenvalue weighted by molar-refractivity contribution is -0.143. The van der Waals surface area contributed by atoms with Crippen LogP contribution in [0.25, 0.3) is 11.1 Å². The van der Waals surface area contributed by atoms with Gasteiger partial charge in [0.2, 0.25) is 11.8 Å². The van der Waals surface area contributed by atoms with Gasteiger partial charge in [-0.1, -0.05) is 54.6 Å². The van der Waals surface area contributed by atoms with Gasteiger partial charge in [-0.05, 0) is 54.7 Å². The van der Waals surface area contributed by atoms with E-state index in [0.717, 1.165) is 26.5 Å². The van der Waals surface area contributed by atoms with Crippen molar-refractivity contribution in [3.8, 4) is 11.1 Å². The van der Waals surface area contributed by atoms with Crippen LogP contribution in [0.4, 0.5) is 0 Å². The first-order valence-electron chi connectivity index (χ1n) is 19.4. The molecule has 1 aliphatic carbocycles. The summed E-state index contributed by atoms with van der Waals surface area (Å²) in [5, 5.41) is 52.2. The smallest absolute Gasteiger partial charge is 0.342 e. The number of carbonyl (C=O) groups excluding carboxylic acids is 2. The minimum atomic E-state index is -5.06. The van der Waals surface area contributed by atoms with Gasteiger partial charge in [-0.2, -0.15) is 0 Å². The number of rotatable bonds is 27. The van der Waals surface area contributed by atoms with Crippen LogP contribution in [-0.2, 0) is 44.5 Å². The van der Waals surface area contributed by atoms with Crippen molar-refractivity contribution in [3.63, 3.8) is 0 Å². The van der Waals surface area contributed by atoms with Gasteiger partial charge in [-0.15, -0.1) is 0 Å². The number of carbonyl (C=O) groups is 7. The lowest BCUT2D eigenvalue weighted by Gasteiger charge is -2.34. The summed E-state index contributed by atoms with van der Waals surface area (Å²) in [6, 6.07) is 16.0. The van der Waals surface area contributed by atoms with E-state index in [4.69, 9.17) is 0 Å². The van der Waals surface area contributed by atoms with Crippen molar-refractivity contribution in [2.45, 2.75) is 56.8 Å². The van der Waals surface area contributed by atoms with Crippen molar-refractivity contribution in [3.05, 3.63) is 60.2 Å². The largest absolute Gasteiger partial charge is 0.480 e. The Bertz CT molecular complexity index is 1750. The fraction of sp³-hybridized carbons (Fsp3) is 0.513. The normalized spacial score (nSPS) is 16.6. The minimum Gasteiger partial charge on any atom is -0.480 e. The molecule has 2 aromatic carbocycles. The number of nitrogens with zero attached hydrogens (tertiary/aromatic N) is 3. The highest BCUT2D eigenvalue weighted by atomic mass is 31.2. The molecule has 2 atom stereocenters. The molecular weight excluding hydrogens is 809 g/mol. The third-order valence-electron chi connectivity index (χ3n) is 10.2. The molecule has 9 N–H and O–H groups in total. The van der Waals surface area contributed by atoms with Crippen LogP contribution in [0.1, 0.15) is 44.1 Å². The molecule has 1 aliphatic rings. The Morgan fingerprint density at radius 2 is 1.15 bits per heavy atom. The van der Waals surface area contributed by atoms with E-state index in [1.807, 2.05) is 54.6 Å². The molecule has 0 heterocycles. The highest BCUT2D eigenvalue weighted by Gasteiger charge is 2.36. The number of hydrogen-bond acceptors (Lipinski definition) is 11. The lowest BCUT2D eigenvalue weighted by Crippen LogP contribution is -2.47. The Hall–Kier alpha value is -5.24. The van der Waals surface area contributed by atoms with Gasteiger partial charge in [0.25, 0.3) is 0 Å². The summed E-state index contributed by atoms with van der Waals surface area (Å²) in [6.45, 7) is -3.91. The number of aliphatic carboxylic acids is 5. The van der Waals surface area contributed by atoms with E-state index in [1.54, 1.807) is 0 Å². The van der Waals surface area contributed by atoms with Crippen molar-refractivity contribution < 1.29 is 73.4 Å². The van der Waals surface area contributed by atoms with Gasteiger partial charge in [-0.25, -0.2) is 4.79 Å². The highest BCUT2D eigenvalue weighted by molar-refractivity contribution is 7.52. The molecular formula is C39H54N5O15P. The first-order chi connectivity index (χ1) is 28.3. The molecule has 0 aromatic heterocycles. The predicted molar refractivity (Wildman–Crippen MR) is 214 cm³/mol. The summed E-state index contributed by atoms with van der Waals surface area (Å²) in [6.07, 6.45) is 1.28. The average molecular weight is 864 g/mol. The summed E-state index contributed by atoms with van der Waals surface area (Å²) in [7, 11) is -5.06. The van der Waals surface area contributed by atoms with Crippen LogP contribution in [0.3, 0.4) is 0 Å². The molecule has 3 rings (SSSR count). The second-order valence-corrected chi connectivity index (χ2v) is 16.6. The number of carboxylic acid groups (broad SMARTS) is 5. The van der Waals surface area contributed by atoms with E-state index in [2.05, 4.69) is 10.6 Å². The molecule has 330 valence electrons. The van der Waals surface area contributed by atoms with Gasteiger partial charge in [0.15, 0.2) is 0 Å². The van der Waals surface area contributed by atoms with Gasteiger partial charge in [0.1, 0.15) is 11.8 Å². The molecule has 1 fully saturated rings. The van der Waals surface area contributed by atoms with Crippen molar-refractivity contribution in [2.24, 2.45) is 11.8 Å². The van der Waals surface area contributed by atoms with Crippen LogP contribution >= 0.6 is 7.60 Å². The van der Waals surface area contributed by atoms with Crippen LogP contribution in [-0.4, -0.2) is 162 Å². The van der Waals surface area contributed by atoms with Crippen molar-refractivity contribution in [1.82, 2.24) is 25.3 Å². The van der Waals surface area contributed by atoms with Crippen LogP contribution in [0.2, 0.25) is 0 Å². The summed E-state index contributed by atoms with van der Waals surface area (Å²) >= 11 is 0. The molecule has 0 bridgehead atoms. The molecule has 0 spiro atoms. The summed E-state index contributed by atoms with van der Waals surface area (Å²) in [4.78, 5) is 107. The second kappa shape index (κ2) is 24.1. The molecule has 0 aliphatic heterocycles. The van der Waals surface area contributed by atoms with Crippen molar-refractivity contribution in [2.75, 3.05) is 58.9 Å². The summed E-state index contributed by atoms with van der Waals surface area (Å²) < 4.78 is 12.8. The Balaban J connectivity index is 1.56. The quantitative estimate of drug-likeness (QED) is 0.0564. The van der Waals surface area contributed by atoms with Crippen LogP contribution < -0.4 is 10.6 Å². The van der Waals surface area contributed by atoms with Crippen molar-refractivity contribution in [1.29, 1.82) is 0 Å². The number of benzene rings is 2. The first-order valence-corrected chi connectivity index (χ1v) is 21.0. The fourth-order valence-electron chi connectivity index (χ4n) is 7.13. The first kappa shape index (κ1) is 49.1. The Kier molecular flexibility index (Phi) is 19.8. The van der Waals surface area contributed by atoms with E-state index in [9.17, 15) is 73.4 Å². The SMILES string of the molecule is O=C(O)CN(CCN(CCN(CC(=O)O)CC(=O)O)C(CCC(=O)NCC1CCC(C(=O)NC(Cc2ccc(-c3ccccc3)cc2)C(=O)O)CC1)P(=O)(O)O)CC(=O)O. The predicted octanol–water partition coefficient (Wildman–Crippen LogP) is 0.917. The van der Waals surface area contributed by atoms with Gasteiger partial charge < -0.3 is 46.0 Å². The monoisotopic (exact) mass is 863 g/mol. The lowest BCUT2D eigenvalue weighted by atomic mass is 9.81. The topological polar surface area (TPSA) is 312 Å². The molecule has 2 unspecified atom stereocenters. The van der Waals surface area contributed by atoms with Crippen LogP contribution in [0.15, 0.2) is 54.6 Å². The number of nitrogens with one attached hydrogen (secondary N) is 2. The van der Waals surface area contributed by atoms with Gasteiger partial charge in [-0.3, -0.25) is 48.0 Å². The molecule has 20 nitrogen and oxygen atoms in total. The molecule has 60 heavy (non-hydrogen) atoms. The molecule has 2 amide bonds. The third kappa shape index (κ3) is 17.9. The minimum absolute atomic E-state index is 0.0330. The molecule has 2 aromatic rings. The molecule has 0 radical (unpaired) electrons. The highest BCUT2D eigenvalue weighted by Crippen LogP contribution is 2.45. The third-order valence-corrected chi connectivity index (χ3v) is 11.6. The van der Waals surface area contributed by atoms with E-state index < -0.39 is 93.7 Å². The van der Waals surface area contributed by atoms with Crippen molar-refractivity contribution >= 4 is 49.3 Å². The molecule has 1 saturated carbocycles. The zero-order valence-electron chi connectivity index (χ0n) is 33.0. The van der Waals surface area contributed by atoms with E-state index in [1.165, 1.54) is 4.90 Å². The maximum atomic E-state index is 13.1. The fourth-order valence-corrected chi connectivity index (χ4v) is 8.25. The van der Waals surface area contributed by atoms with Gasteiger partial charge >= 0.3 is 37.4 Å². The van der Waals surface area contributed by atoms with Gasteiger partial charge in [0.05, 0.1) is 26.2 Å². The average Bonchev–Trinajstić information content (AvgIpc) is 3.16. The summed E-state index contributed by atoms with van der Waals surface area (Å²) in [5.74, 6) is -9.65. The zero-order valence-corrected chi connectivity index (χ0v) is 33.9. The maximum absolute atomic E-state index is 13.1. The number of amides is 2. The van der Waals surface area contributed by atoms with E-state index >= 15 is 0 Å². The standard InChI is InChI=1S/C39H54N5O15P/c45-32(14-15-33(60(57,58)59)44(18-16-42(22-34(46)47)23-35(48)49)19-17-43(24-36(50)51)25-37(52)53)40-21-27-8-12-30(13-9-27)38(54)41-31(39(55)56)20-26-6-10-29(11-7-26)28-4-2-1-3-5-28/h1-7,10-11,27,30-31,33H,8-9,12-25H2,(H,40,45)(H,41,54)(H,46,47)(H,48,49)(H,50,51)(H,52,53)(H,55,56)(H2,57,58,59). The van der Waals surface area contributed by atoms with E-state index in [-0.39, 0.29) is 57.4 Å². The Labute approximate surface area is 346 Å². The summed E-state index contributed by atoms with van der Waals surface area (Å²) in [5.41, 5.74) is 2.74. The zero-order chi connectivity index (χ0) is 44.4. The van der Waals surface area contributed by atoms with Gasteiger partial charge in [0, 0.05) is 51.5 Å². The van der Waals surface area contributed by atoms with Crippen LogP contribution in [0, 0.1) is 11.8 Å². The Morgan fingerprint density at radius 1 is 0.667 bits per heavy atom. The second-order valence-electron chi connectivity index (χ2n) is 14.8. The van der Waals surface area contributed by atoms with E-state index in [0.29, 0.717) is 25.7 Å². The maximum Gasteiger partial charge on any atom is 0.342 e. The Morgan fingerprint density at radius 3 is 1.60 bits per heavy atom. The molecule has 0 saturated heterocycles. The number of hydrogen-bond donors (Lipinski definition) is 9. The van der Waals surface area contributed by atoms with Crippen LogP contribution in [0.5, 0.6) is 0 Å².